The highest BCUT2D eigenvalue weighted by Crippen LogP contribution is 2.43. The van der Waals surface area contributed by atoms with Crippen LogP contribution in [0.3, 0.4) is 0 Å². The molecule has 0 heterocycles. The predicted molar refractivity (Wildman–Crippen MR) is 229 cm³/mol. The molecule has 0 aliphatic heterocycles. The lowest BCUT2D eigenvalue weighted by molar-refractivity contribution is -0.161. The van der Waals surface area contributed by atoms with Crippen LogP contribution in [0.25, 0.3) is 0 Å². The van der Waals surface area contributed by atoms with Crippen LogP contribution in [-0.4, -0.2) is 49.3 Å². The number of phosphoric acid groups is 1. The lowest BCUT2D eigenvalue weighted by atomic mass is 10.0. The van der Waals surface area contributed by atoms with Crippen LogP contribution in [0, 0.1) is 0 Å². The quantitative estimate of drug-likeness (QED) is 0.0267. The summed E-state index contributed by atoms with van der Waals surface area (Å²) in [4.78, 5) is 34.9. The van der Waals surface area contributed by atoms with Gasteiger partial charge in [-0.3, -0.25) is 18.6 Å². The molecule has 9 nitrogen and oxygen atoms in total. The van der Waals surface area contributed by atoms with Gasteiger partial charge in [-0.1, -0.05) is 193 Å². The largest absolute Gasteiger partial charge is 0.472 e. The van der Waals surface area contributed by atoms with Gasteiger partial charge in [-0.15, -0.1) is 0 Å². The molecule has 0 aromatic heterocycles. The Morgan fingerprint density at radius 2 is 0.891 bits per heavy atom. The highest BCUT2D eigenvalue weighted by molar-refractivity contribution is 7.47. The number of hydrogen-bond acceptors (Lipinski definition) is 8. The minimum atomic E-state index is -4.37. The van der Waals surface area contributed by atoms with Crippen LogP contribution >= 0.6 is 7.82 Å². The van der Waals surface area contributed by atoms with Crippen molar-refractivity contribution < 1.29 is 37.6 Å². The SMILES string of the molecule is CCCCC/C=C\CCCCCCCC(=O)OC(COC(=O)CCCCCCCCCCCCCCCCCCCCCCCC)COP(=O)(O)OCCN. The first-order valence-corrected chi connectivity index (χ1v) is 24.7. The molecule has 326 valence electrons. The highest BCUT2D eigenvalue weighted by atomic mass is 31.2. The molecule has 2 atom stereocenters. The van der Waals surface area contributed by atoms with E-state index < -0.39 is 26.5 Å². The van der Waals surface area contributed by atoms with Crippen molar-refractivity contribution in [3.8, 4) is 0 Å². The number of esters is 2. The van der Waals surface area contributed by atoms with Crippen molar-refractivity contribution in [3.05, 3.63) is 12.2 Å². The zero-order chi connectivity index (χ0) is 40.3. The molecule has 0 fully saturated rings. The van der Waals surface area contributed by atoms with Gasteiger partial charge in [0.05, 0.1) is 13.2 Å². The number of phosphoric ester groups is 1. The second-order valence-electron chi connectivity index (χ2n) is 15.6. The van der Waals surface area contributed by atoms with Gasteiger partial charge < -0.3 is 20.1 Å². The molecule has 0 spiro atoms. The number of nitrogens with two attached hydrogens (primary N) is 1. The first-order chi connectivity index (χ1) is 26.8. The minimum absolute atomic E-state index is 0.0548. The second kappa shape index (κ2) is 42.4. The summed E-state index contributed by atoms with van der Waals surface area (Å²) in [6.07, 6.45) is 44.0. The van der Waals surface area contributed by atoms with Gasteiger partial charge in [0.1, 0.15) is 6.61 Å². The van der Waals surface area contributed by atoms with E-state index in [-0.39, 0.29) is 38.6 Å². The maximum atomic E-state index is 12.5. The molecular weight excluding hydrogens is 713 g/mol. The van der Waals surface area contributed by atoms with Gasteiger partial charge in [0.25, 0.3) is 0 Å². The lowest BCUT2D eigenvalue weighted by Crippen LogP contribution is -2.29. The number of carbonyl (C=O) groups is 2. The first kappa shape index (κ1) is 53.8. The average molecular weight is 802 g/mol. The van der Waals surface area contributed by atoms with E-state index in [9.17, 15) is 19.0 Å². The molecule has 0 saturated carbocycles. The van der Waals surface area contributed by atoms with Crippen LogP contribution in [-0.2, 0) is 32.7 Å². The molecule has 3 N–H and O–H groups in total. The number of rotatable bonds is 44. The summed E-state index contributed by atoms with van der Waals surface area (Å²) < 4.78 is 32.8. The van der Waals surface area contributed by atoms with Crippen LogP contribution in [0.15, 0.2) is 12.2 Å². The van der Waals surface area contributed by atoms with Crippen molar-refractivity contribution in [2.75, 3.05) is 26.4 Å². The number of unbranched alkanes of at least 4 members (excludes halogenated alkanes) is 29. The van der Waals surface area contributed by atoms with E-state index in [1.165, 1.54) is 141 Å². The molecule has 55 heavy (non-hydrogen) atoms. The third-order valence-corrected chi connectivity index (χ3v) is 11.1. The van der Waals surface area contributed by atoms with E-state index in [4.69, 9.17) is 24.3 Å². The molecular formula is C45H88NO8P. The Balaban J connectivity index is 3.99. The van der Waals surface area contributed by atoms with Crippen molar-refractivity contribution in [1.29, 1.82) is 0 Å². The molecule has 2 unspecified atom stereocenters. The van der Waals surface area contributed by atoms with Crippen LogP contribution in [0.1, 0.15) is 232 Å². The van der Waals surface area contributed by atoms with Crippen molar-refractivity contribution in [1.82, 2.24) is 0 Å². The fourth-order valence-electron chi connectivity index (χ4n) is 6.69. The maximum absolute atomic E-state index is 12.5. The molecule has 0 saturated heterocycles. The predicted octanol–water partition coefficient (Wildman–Crippen LogP) is 13.4. The highest BCUT2D eigenvalue weighted by Gasteiger charge is 2.26. The molecule has 0 amide bonds. The van der Waals surface area contributed by atoms with Crippen LogP contribution in [0.4, 0.5) is 0 Å². The third-order valence-electron chi connectivity index (χ3n) is 10.2. The summed E-state index contributed by atoms with van der Waals surface area (Å²) in [5.74, 6) is -0.827. The van der Waals surface area contributed by atoms with Crippen molar-refractivity contribution in [2.24, 2.45) is 5.73 Å². The number of hydrogen-bond donors (Lipinski definition) is 2. The zero-order valence-electron chi connectivity index (χ0n) is 35.9. The van der Waals surface area contributed by atoms with E-state index in [1.54, 1.807) is 0 Å². The minimum Gasteiger partial charge on any atom is -0.462 e. The van der Waals surface area contributed by atoms with Gasteiger partial charge in [-0.2, -0.15) is 0 Å². The number of carbonyl (C=O) groups excluding carboxylic acids is 2. The lowest BCUT2D eigenvalue weighted by Gasteiger charge is -2.19. The van der Waals surface area contributed by atoms with Crippen LogP contribution < -0.4 is 5.73 Å². The van der Waals surface area contributed by atoms with Gasteiger partial charge in [0.2, 0.25) is 0 Å². The standard InChI is InChI=1S/C45H88NO8P/c1-3-5-7-9-11-13-15-17-18-19-20-21-22-23-24-25-26-28-29-31-33-35-37-44(47)51-41-43(42-53-55(49,50)52-40-39-46)54-45(48)38-36-34-32-30-27-16-14-12-10-8-6-4-2/h12,14,43H,3-11,13,15-42,46H2,1-2H3,(H,49,50)/b14-12-. The Labute approximate surface area is 339 Å². The van der Waals surface area contributed by atoms with Gasteiger partial charge >= 0.3 is 19.8 Å². The number of ether oxygens (including phenoxy) is 2. The molecule has 0 radical (unpaired) electrons. The maximum Gasteiger partial charge on any atom is 0.472 e. The second-order valence-corrected chi connectivity index (χ2v) is 17.1. The molecule has 0 aliphatic rings. The molecule has 0 bridgehead atoms. The summed E-state index contributed by atoms with van der Waals surface area (Å²) in [5, 5.41) is 0. The molecule has 0 rings (SSSR count). The van der Waals surface area contributed by atoms with E-state index >= 15 is 0 Å². The summed E-state index contributed by atoms with van der Waals surface area (Å²) in [7, 11) is -4.37. The van der Waals surface area contributed by atoms with Crippen LogP contribution in [0.5, 0.6) is 0 Å². The van der Waals surface area contributed by atoms with Gasteiger partial charge in [-0.25, -0.2) is 4.57 Å². The Kier molecular flexibility index (Phi) is 41.4. The van der Waals surface area contributed by atoms with E-state index in [0.29, 0.717) is 6.42 Å². The van der Waals surface area contributed by atoms with Crippen molar-refractivity contribution in [3.63, 3.8) is 0 Å². The fraction of sp³-hybridized carbons (Fsp3) is 0.911. The summed E-state index contributed by atoms with van der Waals surface area (Å²) in [6.45, 7) is 3.73. The third kappa shape index (κ3) is 42.2. The summed E-state index contributed by atoms with van der Waals surface area (Å²) >= 11 is 0. The Hall–Kier alpha value is -1.25. The van der Waals surface area contributed by atoms with Gasteiger partial charge in [0, 0.05) is 19.4 Å². The number of allylic oxidation sites excluding steroid dienone is 2. The topological polar surface area (TPSA) is 134 Å². The monoisotopic (exact) mass is 802 g/mol. The van der Waals surface area contributed by atoms with Crippen molar-refractivity contribution in [2.45, 2.75) is 238 Å². The normalized spacial score (nSPS) is 13.3. The summed E-state index contributed by atoms with van der Waals surface area (Å²) in [5.41, 5.74) is 5.35. The molecule has 0 aliphatic carbocycles. The summed E-state index contributed by atoms with van der Waals surface area (Å²) in [6, 6.07) is 0. The Bertz CT molecular complexity index is 917. The Morgan fingerprint density at radius 3 is 1.33 bits per heavy atom. The first-order valence-electron chi connectivity index (χ1n) is 23.2. The van der Waals surface area contributed by atoms with E-state index in [2.05, 4.69) is 26.0 Å². The van der Waals surface area contributed by atoms with Gasteiger partial charge in [-0.05, 0) is 38.5 Å². The average Bonchev–Trinajstić information content (AvgIpc) is 3.17. The zero-order valence-corrected chi connectivity index (χ0v) is 36.8. The molecule has 10 heteroatoms. The molecule has 0 aromatic rings. The van der Waals surface area contributed by atoms with E-state index in [0.717, 1.165) is 57.8 Å². The smallest absolute Gasteiger partial charge is 0.462 e. The van der Waals surface area contributed by atoms with Crippen molar-refractivity contribution >= 4 is 19.8 Å². The van der Waals surface area contributed by atoms with E-state index in [1.807, 2.05) is 0 Å². The molecule has 0 aromatic carbocycles. The van der Waals surface area contributed by atoms with Gasteiger partial charge in [0.15, 0.2) is 6.10 Å². The van der Waals surface area contributed by atoms with Crippen LogP contribution in [0.2, 0.25) is 0 Å². The fourth-order valence-corrected chi connectivity index (χ4v) is 7.45. The Morgan fingerprint density at radius 1 is 0.527 bits per heavy atom.